The molecule has 0 amide bonds. The summed E-state index contributed by atoms with van der Waals surface area (Å²) < 4.78 is 24.9. The summed E-state index contributed by atoms with van der Waals surface area (Å²) in [4.78, 5) is 11.3. The minimum absolute atomic E-state index is 0.116. The van der Waals surface area contributed by atoms with Crippen LogP contribution >= 0.6 is 11.6 Å². The molecule has 5 heteroatoms. The van der Waals surface area contributed by atoms with Gasteiger partial charge in [-0.1, -0.05) is 30.2 Å². The van der Waals surface area contributed by atoms with Crippen LogP contribution in [0.15, 0.2) is 18.2 Å². The normalized spacial score (nSPS) is 17.9. The molecule has 0 bridgehead atoms. The second-order valence-electron chi connectivity index (χ2n) is 4.28. The van der Waals surface area contributed by atoms with Crippen molar-refractivity contribution < 1.29 is 18.7 Å². The molecule has 1 aliphatic carbocycles. The number of hydrogen-bond acceptors (Lipinski definition) is 1. The molecule has 2 rings (SSSR count). The summed E-state index contributed by atoms with van der Waals surface area (Å²) >= 11 is 5.92. The van der Waals surface area contributed by atoms with Gasteiger partial charge in [-0.15, -0.1) is 0 Å². The summed E-state index contributed by atoms with van der Waals surface area (Å²) in [6, 6.07) is 3.82. The van der Waals surface area contributed by atoms with Crippen molar-refractivity contribution in [2.75, 3.05) is 0 Å². The van der Waals surface area contributed by atoms with Crippen molar-refractivity contribution in [3.8, 4) is 0 Å². The average molecular weight is 261 g/mol. The van der Waals surface area contributed by atoms with Gasteiger partial charge in [0, 0.05) is 10.6 Å². The van der Waals surface area contributed by atoms with E-state index in [9.17, 15) is 18.7 Å². The Labute approximate surface area is 102 Å². The Kier molecular flexibility index (Phi) is 3.08. The number of carboxylic acids is 1. The van der Waals surface area contributed by atoms with Crippen LogP contribution in [-0.4, -0.2) is 11.1 Å². The van der Waals surface area contributed by atoms with Gasteiger partial charge in [0.25, 0.3) is 6.43 Å². The molecule has 17 heavy (non-hydrogen) atoms. The standard InChI is InChI=1S/C12H11ClF2O2/c13-9-6-7(10(14)15)2-3-8(9)12(11(16)17)4-1-5-12/h2-3,6,10H,1,4-5H2,(H,16,17). The quantitative estimate of drug-likeness (QED) is 0.898. The van der Waals surface area contributed by atoms with E-state index in [-0.39, 0.29) is 10.6 Å². The zero-order chi connectivity index (χ0) is 12.6. The average Bonchev–Trinajstić information content (AvgIpc) is 2.17. The van der Waals surface area contributed by atoms with Crippen molar-refractivity contribution >= 4 is 17.6 Å². The first-order chi connectivity index (χ1) is 7.97. The number of carbonyl (C=O) groups is 1. The molecule has 0 saturated heterocycles. The van der Waals surface area contributed by atoms with Crippen molar-refractivity contribution in [3.05, 3.63) is 34.3 Å². The van der Waals surface area contributed by atoms with Gasteiger partial charge in [-0.2, -0.15) is 0 Å². The molecular weight excluding hydrogens is 250 g/mol. The van der Waals surface area contributed by atoms with Gasteiger partial charge in [0.1, 0.15) is 0 Å². The van der Waals surface area contributed by atoms with Gasteiger partial charge in [-0.25, -0.2) is 8.78 Å². The largest absolute Gasteiger partial charge is 0.481 e. The molecule has 0 atom stereocenters. The highest BCUT2D eigenvalue weighted by Gasteiger charge is 2.47. The molecule has 1 aromatic rings. The highest BCUT2D eigenvalue weighted by Crippen LogP contribution is 2.47. The van der Waals surface area contributed by atoms with Gasteiger partial charge in [0.2, 0.25) is 0 Å². The van der Waals surface area contributed by atoms with Crippen molar-refractivity contribution in [1.82, 2.24) is 0 Å². The SMILES string of the molecule is O=C(O)C1(c2ccc(C(F)F)cc2Cl)CCC1. The molecule has 1 saturated carbocycles. The fourth-order valence-electron chi connectivity index (χ4n) is 2.18. The molecule has 0 heterocycles. The van der Waals surface area contributed by atoms with Crippen LogP contribution in [0.25, 0.3) is 0 Å². The van der Waals surface area contributed by atoms with Gasteiger partial charge >= 0.3 is 5.97 Å². The molecule has 92 valence electrons. The van der Waals surface area contributed by atoms with E-state index in [2.05, 4.69) is 0 Å². The van der Waals surface area contributed by atoms with E-state index >= 15 is 0 Å². The van der Waals surface area contributed by atoms with Crippen LogP contribution in [0.4, 0.5) is 8.78 Å². The first kappa shape index (κ1) is 12.3. The van der Waals surface area contributed by atoms with Crippen LogP contribution in [0.3, 0.4) is 0 Å². The topological polar surface area (TPSA) is 37.3 Å². The fourth-order valence-corrected chi connectivity index (χ4v) is 2.55. The van der Waals surface area contributed by atoms with E-state index in [1.54, 1.807) is 0 Å². The first-order valence-corrected chi connectivity index (χ1v) is 5.66. The lowest BCUT2D eigenvalue weighted by atomic mass is 9.64. The van der Waals surface area contributed by atoms with Crippen LogP contribution in [0, 0.1) is 0 Å². The lowest BCUT2D eigenvalue weighted by Crippen LogP contribution is -2.42. The van der Waals surface area contributed by atoms with Crippen molar-refractivity contribution in [2.45, 2.75) is 31.1 Å². The summed E-state index contributed by atoms with van der Waals surface area (Å²) in [5.74, 6) is -0.935. The molecule has 0 aromatic heterocycles. The van der Waals surface area contributed by atoms with Gasteiger partial charge in [-0.3, -0.25) is 4.79 Å². The minimum Gasteiger partial charge on any atom is -0.481 e. The maximum atomic E-state index is 12.5. The molecule has 1 N–H and O–H groups in total. The molecule has 2 nitrogen and oxygen atoms in total. The zero-order valence-corrected chi connectivity index (χ0v) is 9.68. The maximum absolute atomic E-state index is 12.5. The third-order valence-corrected chi connectivity index (χ3v) is 3.69. The molecule has 0 unspecified atom stereocenters. The summed E-state index contributed by atoms with van der Waals surface area (Å²) in [7, 11) is 0. The molecule has 1 aromatic carbocycles. The van der Waals surface area contributed by atoms with Gasteiger partial charge in [-0.05, 0) is 24.5 Å². The highest BCUT2D eigenvalue weighted by atomic mass is 35.5. The summed E-state index contributed by atoms with van der Waals surface area (Å²) in [5.41, 5.74) is -0.710. The number of carboxylic acid groups (broad SMARTS) is 1. The second-order valence-corrected chi connectivity index (χ2v) is 4.69. The third-order valence-electron chi connectivity index (χ3n) is 3.38. The van der Waals surface area contributed by atoms with Crippen molar-refractivity contribution in [3.63, 3.8) is 0 Å². The summed E-state index contributed by atoms with van der Waals surface area (Å²) in [6.07, 6.45) is -0.755. The van der Waals surface area contributed by atoms with E-state index in [0.29, 0.717) is 18.4 Å². The van der Waals surface area contributed by atoms with Crippen LogP contribution in [0.5, 0.6) is 0 Å². The smallest absolute Gasteiger partial charge is 0.314 e. The zero-order valence-electron chi connectivity index (χ0n) is 8.92. The number of aliphatic carboxylic acids is 1. The number of alkyl halides is 2. The Morgan fingerprint density at radius 3 is 2.41 bits per heavy atom. The predicted octanol–water partition coefficient (Wildman–Crippen LogP) is 3.78. The Bertz CT molecular complexity index is 456. The Morgan fingerprint density at radius 2 is 2.06 bits per heavy atom. The maximum Gasteiger partial charge on any atom is 0.314 e. The number of benzene rings is 1. The lowest BCUT2D eigenvalue weighted by molar-refractivity contribution is -0.147. The number of rotatable bonds is 3. The summed E-state index contributed by atoms with van der Waals surface area (Å²) in [6.45, 7) is 0. The van der Waals surface area contributed by atoms with E-state index < -0.39 is 17.8 Å². The summed E-state index contributed by atoms with van der Waals surface area (Å²) in [5, 5.41) is 9.35. The van der Waals surface area contributed by atoms with Crippen LogP contribution in [-0.2, 0) is 10.2 Å². The van der Waals surface area contributed by atoms with E-state index in [1.165, 1.54) is 12.1 Å². The fraction of sp³-hybridized carbons (Fsp3) is 0.417. The number of hydrogen-bond donors (Lipinski definition) is 1. The first-order valence-electron chi connectivity index (χ1n) is 5.29. The van der Waals surface area contributed by atoms with Crippen LogP contribution in [0.2, 0.25) is 5.02 Å². The predicted molar refractivity (Wildman–Crippen MR) is 59.6 cm³/mol. The Balaban J connectivity index is 2.43. The minimum atomic E-state index is -2.59. The van der Waals surface area contributed by atoms with E-state index in [4.69, 9.17) is 11.6 Å². The number of halogens is 3. The molecular formula is C12H11ClF2O2. The van der Waals surface area contributed by atoms with Crippen molar-refractivity contribution in [1.29, 1.82) is 0 Å². The van der Waals surface area contributed by atoms with E-state index in [1.807, 2.05) is 0 Å². The van der Waals surface area contributed by atoms with Gasteiger partial charge in [0.05, 0.1) is 5.41 Å². The van der Waals surface area contributed by atoms with Crippen LogP contribution in [0.1, 0.15) is 36.8 Å². The van der Waals surface area contributed by atoms with E-state index in [0.717, 1.165) is 12.5 Å². The second kappa shape index (κ2) is 4.26. The molecule has 0 spiro atoms. The Hall–Kier alpha value is -1.16. The molecule has 0 aliphatic heterocycles. The van der Waals surface area contributed by atoms with Crippen LogP contribution < -0.4 is 0 Å². The van der Waals surface area contributed by atoms with Gasteiger partial charge in [0.15, 0.2) is 0 Å². The monoisotopic (exact) mass is 260 g/mol. The third kappa shape index (κ3) is 1.90. The van der Waals surface area contributed by atoms with Crippen molar-refractivity contribution in [2.24, 2.45) is 0 Å². The lowest BCUT2D eigenvalue weighted by Gasteiger charge is -2.38. The Morgan fingerprint density at radius 1 is 1.41 bits per heavy atom. The molecule has 1 aliphatic rings. The van der Waals surface area contributed by atoms with Gasteiger partial charge < -0.3 is 5.11 Å². The highest BCUT2D eigenvalue weighted by molar-refractivity contribution is 6.31. The molecule has 1 fully saturated rings. The molecule has 0 radical (unpaired) electrons.